The molecule has 1 saturated carbocycles. The first-order valence-electron chi connectivity index (χ1n) is 15.9. The molecule has 230 valence electrons. The molecule has 2 aliphatic heterocycles. The lowest BCUT2D eigenvalue weighted by atomic mass is 9.91. The quantitative estimate of drug-likeness (QED) is 0.291. The highest BCUT2D eigenvalue weighted by Crippen LogP contribution is 2.57. The number of esters is 1. The van der Waals surface area contributed by atoms with Gasteiger partial charge < -0.3 is 15.0 Å². The number of amides is 1. The van der Waals surface area contributed by atoms with Gasteiger partial charge in [0.2, 0.25) is 5.91 Å². The summed E-state index contributed by atoms with van der Waals surface area (Å²) in [4.78, 5) is 45.2. The molecule has 3 aliphatic rings. The van der Waals surface area contributed by atoms with E-state index in [9.17, 15) is 14.4 Å². The average molecular weight is 596 g/mol. The van der Waals surface area contributed by atoms with Crippen LogP contribution in [0.1, 0.15) is 64.3 Å². The lowest BCUT2D eigenvalue weighted by Gasteiger charge is -2.30. The minimum atomic E-state index is -0.858. The Kier molecular flexibility index (Phi) is 8.91. The summed E-state index contributed by atoms with van der Waals surface area (Å²) < 4.78 is 5.47. The van der Waals surface area contributed by atoms with Crippen LogP contribution in [0, 0.1) is 11.3 Å². The molecule has 1 saturated heterocycles. The number of fused-ring (bicyclic) bond motifs is 2. The number of carbonyl (C=O) groups is 3. The maximum absolute atomic E-state index is 14.4. The second-order valence-electron chi connectivity index (χ2n) is 12.3. The van der Waals surface area contributed by atoms with Crippen LogP contribution in [-0.2, 0) is 19.1 Å². The van der Waals surface area contributed by atoms with E-state index in [1.165, 1.54) is 0 Å². The van der Waals surface area contributed by atoms with Crippen LogP contribution in [0.3, 0.4) is 0 Å². The molecule has 1 aliphatic carbocycles. The van der Waals surface area contributed by atoms with Crippen molar-refractivity contribution in [1.29, 1.82) is 0 Å². The molecule has 5 atom stereocenters. The third-order valence-electron chi connectivity index (χ3n) is 9.29. The third kappa shape index (κ3) is 6.32. The number of para-hydroxylation sites is 1. The number of carbonyl (C=O) groups excluding carboxylic acids is 3. The molecule has 1 amide bonds. The van der Waals surface area contributed by atoms with Gasteiger partial charge in [0, 0.05) is 30.6 Å². The first-order chi connectivity index (χ1) is 21.5. The molecule has 6 rings (SSSR count). The molecule has 3 aromatic rings. The van der Waals surface area contributed by atoms with E-state index in [1.807, 2.05) is 60.7 Å². The van der Waals surface area contributed by atoms with Crippen molar-refractivity contribution in [3.8, 4) is 11.3 Å². The second-order valence-corrected chi connectivity index (χ2v) is 12.3. The van der Waals surface area contributed by atoms with Gasteiger partial charge in [0.05, 0.1) is 30.3 Å². The van der Waals surface area contributed by atoms with Crippen LogP contribution in [0.25, 0.3) is 11.3 Å². The van der Waals surface area contributed by atoms with Gasteiger partial charge in [-0.25, -0.2) is 0 Å². The summed E-state index contributed by atoms with van der Waals surface area (Å²) in [5, 5.41) is 12.8. The Hall–Kier alpha value is -4.27. The zero-order chi connectivity index (χ0) is 30.5. The number of ether oxygens (including phenoxy) is 1. The van der Waals surface area contributed by atoms with Crippen molar-refractivity contribution >= 4 is 23.3 Å². The first kappa shape index (κ1) is 29.8. The number of nitrogens with one attached hydrogen (secondary N) is 1. The largest absolute Gasteiger partial charge is 0.466 e. The summed E-state index contributed by atoms with van der Waals surface area (Å²) in [7, 11) is 0. The molecule has 0 unspecified atom stereocenters. The van der Waals surface area contributed by atoms with E-state index in [1.54, 1.807) is 22.8 Å². The van der Waals surface area contributed by atoms with Gasteiger partial charge in [0.1, 0.15) is 11.7 Å². The second kappa shape index (κ2) is 13.2. The fourth-order valence-electron chi connectivity index (χ4n) is 6.76. The van der Waals surface area contributed by atoms with Crippen LogP contribution in [0.4, 0.5) is 5.69 Å². The number of Topliss-reactive ketones (excluding diaryl/α,β-unsaturated/α-hetero) is 1. The maximum atomic E-state index is 14.4. The molecule has 1 aromatic heterocycles. The fraction of sp³-hybridized carbons (Fsp3) is 0.457. The number of nitrogens with zero attached hydrogens (tertiary/aromatic N) is 4. The Morgan fingerprint density at radius 2 is 1.82 bits per heavy atom. The van der Waals surface area contributed by atoms with E-state index >= 15 is 0 Å². The number of allylic oxidation sites excluding steroid dienone is 2. The Bertz CT molecular complexity index is 1490. The smallest absolute Gasteiger partial charge is 0.313 e. The van der Waals surface area contributed by atoms with E-state index in [-0.39, 0.29) is 42.6 Å². The van der Waals surface area contributed by atoms with E-state index in [0.29, 0.717) is 25.8 Å². The first-order valence-corrected chi connectivity index (χ1v) is 15.9. The van der Waals surface area contributed by atoms with Gasteiger partial charge in [-0.1, -0.05) is 73.5 Å². The van der Waals surface area contributed by atoms with Crippen LogP contribution >= 0.6 is 0 Å². The maximum Gasteiger partial charge on any atom is 0.313 e. The zero-order valence-corrected chi connectivity index (χ0v) is 25.3. The van der Waals surface area contributed by atoms with E-state index in [4.69, 9.17) is 9.84 Å². The van der Waals surface area contributed by atoms with Crippen LogP contribution in [0.2, 0.25) is 0 Å². The number of benzene rings is 2. The number of hydrogen-bond donors (Lipinski definition) is 1. The van der Waals surface area contributed by atoms with E-state index in [2.05, 4.69) is 22.6 Å². The highest BCUT2D eigenvalue weighted by Gasteiger charge is 2.61. The third-order valence-corrected chi connectivity index (χ3v) is 9.29. The van der Waals surface area contributed by atoms with E-state index < -0.39 is 17.5 Å². The lowest BCUT2D eigenvalue weighted by molar-refractivity contribution is -0.152. The predicted molar refractivity (Wildman–Crippen MR) is 167 cm³/mol. The van der Waals surface area contributed by atoms with Crippen LogP contribution in [-0.4, -0.2) is 62.8 Å². The molecule has 0 bridgehead atoms. The van der Waals surface area contributed by atoms with Gasteiger partial charge in [0.25, 0.3) is 0 Å². The average Bonchev–Trinajstić information content (AvgIpc) is 3.36. The zero-order valence-electron chi connectivity index (χ0n) is 25.3. The summed E-state index contributed by atoms with van der Waals surface area (Å²) in [5.74, 6) is -0.542. The Morgan fingerprint density at radius 3 is 2.59 bits per heavy atom. The minimum absolute atomic E-state index is 0.0225. The minimum Gasteiger partial charge on any atom is -0.466 e. The van der Waals surface area contributed by atoms with Gasteiger partial charge in [0.15, 0.2) is 5.78 Å². The highest BCUT2D eigenvalue weighted by atomic mass is 16.5. The normalized spacial score (nSPS) is 28.2. The molecule has 2 aromatic carbocycles. The molecule has 1 N–H and O–H groups in total. The number of rotatable bonds is 6. The van der Waals surface area contributed by atoms with Crippen molar-refractivity contribution in [2.75, 3.05) is 18.5 Å². The molecule has 2 fully saturated rings. The van der Waals surface area contributed by atoms with Crippen molar-refractivity contribution < 1.29 is 19.1 Å². The van der Waals surface area contributed by atoms with Crippen molar-refractivity contribution in [3.63, 3.8) is 0 Å². The Balaban J connectivity index is 1.31. The molecule has 9 nitrogen and oxygen atoms in total. The van der Waals surface area contributed by atoms with Crippen LogP contribution in [0.15, 0.2) is 79.0 Å². The van der Waals surface area contributed by atoms with E-state index in [0.717, 1.165) is 42.6 Å². The van der Waals surface area contributed by atoms with Crippen molar-refractivity contribution in [2.24, 2.45) is 11.3 Å². The van der Waals surface area contributed by atoms with Crippen LogP contribution in [0.5, 0.6) is 0 Å². The summed E-state index contributed by atoms with van der Waals surface area (Å²) >= 11 is 0. The number of anilines is 1. The molecule has 3 heterocycles. The fourth-order valence-corrected chi connectivity index (χ4v) is 6.76. The van der Waals surface area contributed by atoms with Crippen molar-refractivity contribution in [1.82, 2.24) is 19.9 Å². The van der Waals surface area contributed by atoms with Gasteiger partial charge in [-0.15, -0.1) is 0 Å². The summed E-state index contributed by atoms with van der Waals surface area (Å²) in [6.45, 7) is 2.38. The molecular weight excluding hydrogens is 554 g/mol. The standard InChI is InChI=1S/C35H41N5O4/c1-2-44-34(43)35-21-26(35)16-10-4-3-5-13-19-29(37-27-17-11-7-12-18-27)33(42)39-24-28(20-31(39)32(41)22-35)40-36-23-30(38-40)25-14-8-6-9-15-25/h6-12,14-18,23,26,28-29,31,37H,2-5,13,19-22,24H2,1H3/b16-10-/t26-,28-,29+,31+,35-/m1/s1. The lowest BCUT2D eigenvalue weighted by Crippen LogP contribution is -2.48. The van der Waals surface area contributed by atoms with Gasteiger partial charge in [-0.2, -0.15) is 15.0 Å². The summed E-state index contributed by atoms with van der Waals surface area (Å²) in [6, 6.07) is 18.1. The SMILES string of the molecule is CCOC(=O)[C@]12CC(=O)[C@@H]3C[C@@H](n4ncc(-c5ccccc5)n4)CN3C(=O)[C@@H](Nc3ccccc3)CCCCC/C=C\[C@@H]1C2. The molecule has 0 radical (unpaired) electrons. The number of ketones is 1. The molecular formula is C35H41N5O4. The highest BCUT2D eigenvalue weighted by molar-refractivity contribution is 5.96. The van der Waals surface area contributed by atoms with Crippen LogP contribution < -0.4 is 5.32 Å². The molecule has 44 heavy (non-hydrogen) atoms. The number of hydrogen-bond acceptors (Lipinski definition) is 7. The molecule has 0 spiro atoms. The summed E-state index contributed by atoms with van der Waals surface area (Å²) in [5.41, 5.74) is 1.71. The van der Waals surface area contributed by atoms with Gasteiger partial charge in [-0.3, -0.25) is 14.4 Å². The monoisotopic (exact) mass is 595 g/mol. The van der Waals surface area contributed by atoms with Gasteiger partial charge >= 0.3 is 5.97 Å². The Labute approximate surface area is 258 Å². The summed E-state index contributed by atoms with van der Waals surface area (Å²) in [6.07, 6.45) is 11.5. The predicted octanol–water partition coefficient (Wildman–Crippen LogP) is 5.62. The number of aromatic nitrogens is 3. The van der Waals surface area contributed by atoms with Crippen molar-refractivity contribution in [2.45, 2.75) is 76.4 Å². The van der Waals surface area contributed by atoms with Crippen molar-refractivity contribution in [3.05, 3.63) is 79.0 Å². The molecule has 9 heteroatoms. The topological polar surface area (TPSA) is 106 Å². The van der Waals surface area contributed by atoms with Gasteiger partial charge in [-0.05, 0) is 50.7 Å². The Morgan fingerprint density at radius 1 is 1.05 bits per heavy atom.